The molecule has 4 heteroatoms. The van der Waals surface area contributed by atoms with Crippen LogP contribution < -0.4 is 5.32 Å². The summed E-state index contributed by atoms with van der Waals surface area (Å²) >= 11 is 2.07. The first kappa shape index (κ1) is 11.7. The molecular formula is C12H19N3S. The summed E-state index contributed by atoms with van der Waals surface area (Å²) < 4.78 is 0. The Kier molecular flexibility index (Phi) is 4.45. The molecule has 2 rings (SSSR count). The number of nitrogens with one attached hydrogen (secondary N) is 1. The van der Waals surface area contributed by atoms with E-state index in [0.717, 1.165) is 36.1 Å². The molecular weight excluding hydrogens is 218 g/mol. The molecule has 1 aromatic heterocycles. The van der Waals surface area contributed by atoms with Crippen LogP contribution in [-0.2, 0) is 6.42 Å². The van der Waals surface area contributed by atoms with Gasteiger partial charge in [0.1, 0.15) is 12.1 Å². The van der Waals surface area contributed by atoms with E-state index in [0.29, 0.717) is 0 Å². The number of aromatic nitrogens is 2. The fourth-order valence-corrected chi connectivity index (χ4v) is 3.11. The smallest absolute Gasteiger partial charge is 0.129 e. The Hall–Kier alpha value is -0.770. The maximum absolute atomic E-state index is 4.25. The van der Waals surface area contributed by atoms with E-state index in [9.17, 15) is 0 Å². The number of hydrogen-bond donors (Lipinski definition) is 1. The average molecular weight is 237 g/mol. The molecule has 1 N–H and O–H groups in total. The van der Waals surface area contributed by atoms with Gasteiger partial charge in [-0.25, -0.2) is 9.97 Å². The van der Waals surface area contributed by atoms with Crippen LogP contribution in [0.5, 0.6) is 0 Å². The van der Waals surface area contributed by atoms with E-state index < -0.39 is 0 Å². The third-order valence-corrected chi connectivity index (χ3v) is 4.16. The lowest BCUT2D eigenvalue weighted by Crippen LogP contribution is -2.14. The quantitative estimate of drug-likeness (QED) is 0.854. The van der Waals surface area contributed by atoms with Crippen LogP contribution in [0.2, 0.25) is 0 Å². The number of anilines is 1. The maximum Gasteiger partial charge on any atom is 0.129 e. The van der Waals surface area contributed by atoms with Crippen molar-refractivity contribution in [3.8, 4) is 0 Å². The summed E-state index contributed by atoms with van der Waals surface area (Å²) in [6, 6.07) is 2.07. The van der Waals surface area contributed by atoms with Crippen molar-refractivity contribution in [3.63, 3.8) is 0 Å². The Morgan fingerprint density at radius 1 is 1.50 bits per heavy atom. The van der Waals surface area contributed by atoms with Gasteiger partial charge in [-0.1, -0.05) is 13.3 Å². The van der Waals surface area contributed by atoms with Crippen molar-refractivity contribution in [2.24, 2.45) is 0 Å². The molecule has 1 unspecified atom stereocenters. The Morgan fingerprint density at radius 2 is 2.44 bits per heavy atom. The van der Waals surface area contributed by atoms with Gasteiger partial charge in [0.2, 0.25) is 0 Å². The molecule has 0 bridgehead atoms. The Morgan fingerprint density at radius 3 is 3.19 bits per heavy atom. The standard InChI is InChI=1S/C12H19N3S/c1-2-4-10-7-12(15-9-14-10)13-8-11-5-3-6-16-11/h7,9,11H,2-6,8H2,1H3,(H,13,14,15). The van der Waals surface area contributed by atoms with Gasteiger partial charge in [0.05, 0.1) is 0 Å². The Bertz CT molecular complexity index is 324. The molecule has 88 valence electrons. The third-order valence-electron chi connectivity index (χ3n) is 2.76. The van der Waals surface area contributed by atoms with Gasteiger partial charge in [-0.05, 0) is 25.0 Å². The van der Waals surface area contributed by atoms with Crippen LogP contribution in [0.1, 0.15) is 31.9 Å². The predicted octanol–water partition coefficient (Wildman–Crippen LogP) is 2.74. The van der Waals surface area contributed by atoms with Crippen molar-refractivity contribution in [1.82, 2.24) is 9.97 Å². The number of thioether (sulfide) groups is 1. The highest BCUT2D eigenvalue weighted by atomic mass is 32.2. The minimum Gasteiger partial charge on any atom is -0.369 e. The van der Waals surface area contributed by atoms with Crippen LogP contribution in [-0.4, -0.2) is 27.5 Å². The summed E-state index contributed by atoms with van der Waals surface area (Å²) in [5.41, 5.74) is 1.14. The SMILES string of the molecule is CCCc1cc(NCC2CCCS2)ncn1. The number of aryl methyl sites for hydroxylation is 1. The molecule has 1 aromatic rings. The molecule has 0 amide bonds. The topological polar surface area (TPSA) is 37.8 Å². The van der Waals surface area contributed by atoms with Crippen molar-refractivity contribution in [2.75, 3.05) is 17.6 Å². The zero-order chi connectivity index (χ0) is 11.2. The summed E-state index contributed by atoms with van der Waals surface area (Å²) in [6.45, 7) is 3.21. The van der Waals surface area contributed by atoms with Gasteiger partial charge in [-0.15, -0.1) is 0 Å². The van der Waals surface area contributed by atoms with Crippen molar-refractivity contribution in [1.29, 1.82) is 0 Å². The van der Waals surface area contributed by atoms with Gasteiger partial charge in [-0.2, -0.15) is 11.8 Å². The highest BCUT2D eigenvalue weighted by Crippen LogP contribution is 2.26. The highest BCUT2D eigenvalue weighted by Gasteiger charge is 2.15. The molecule has 0 spiro atoms. The minimum atomic E-state index is 0.768. The van der Waals surface area contributed by atoms with E-state index in [2.05, 4.69) is 40.0 Å². The second-order valence-electron chi connectivity index (χ2n) is 4.16. The zero-order valence-corrected chi connectivity index (χ0v) is 10.6. The van der Waals surface area contributed by atoms with Crippen molar-refractivity contribution < 1.29 is 0 Å². The van der Waals surface area contributed by atoms with E-state index in [1.165, 1.54) is 18.6 Å². The molecule has 0 aliphatic carbocycles. The molecule has 0 aromatic carbocycles. The van der Waals surface area contributed by atoms with E-state index >= 15 is 0 Å². The largest absolute Gasteiger partial charge is 0.369 e. The first-order valence-electron chi connectivity index (χ1n) is 6.05. The van der Waals surface area contributed by atoms with Crippen LogP contribution >= 0.6 is 11.8 Å². The molecule has 1 aliphatic rings. The van der Waals surface area contributed by atoms with Gasteiger partial charge in [0.15, 0.2) is 0 Å². The Balaban J connectivity index is 1.85. The summed E-state index contributed by atoms with van der Waals surface area (Å²) in [7, 11) is 0. The normalized spacial score (nSPS) is 19.9. The van der Waals surface area contributed by atoms with Crippen molar-refractivity contribution >= 4 is 17.6 Å². The van der Waals surface area contributed by atoms with Gasteiger partial charge >= 0.3 is 0 Å². The molecule has 1 atom stereocenters. The number of hydrogen-bond acceptors (Lipinski definition) is 4. The maximum atomic E-state index is 4.25. The first-order chi connectivity index (χ1) is 7.88. The van der Waals surface area contributed by atoms with Gasteiger partial charge in [0, 0.05) is 23.6 Å². The summed E-state index contributed by atoms with van der Waals surface area (Å²) in [5, 5.41) is 4.18. The van der Waals surface area contributed by atoms with Crippen LogP contribution in [0.3, 0.4) is 0 Å². The van der Waals surface area contributed by atoms with Gasteiger partial charge < -0.3 is 5.32 Å². The number of rotatable bonds is 5. The third kappa shape index (κ3) is 3.37. The lowest BCUT2D eigenvalue weighted by molar-refractivity contribution is 0.801. The van der Waals surface area contributed by atoms with Crippen LogP contribution in [0.25, 0.3) is 0 Å². The molecule has 0 saturated carbocycles. The molecule has 2 heterocycles. The van der Waals surface area contributed by atoms with Crippen molar-refractivity contribution in [2.45, 2.75) is 37.9 Å². The predicted molar refractivity (Wildman–Crippen MR) is 70.0 cm³/mol. The first-order valence-corrected chi connectivity index (χ1v) is 7.09. The molecule has 1 saturated heterocycles. The second-order valence-corrected chi connectivity index (χ2v) is 5.57. The van der Waals surface area contributed by atoms with E-state index in [1.807, 2.05) is 0 Å². The van der Waals surface area contributed by atoms with E-state index in [1.54, 1.807) is 6.33 Å². The highest BCUT2D eigenvalue weighted by molar-refractivity contribution is 8.00. The Labute approximate surface area is 101 Å². The fraction of sp³-hybridized carbons (Fsp3) is 0.667. The summed E-state index contributed by atoms with van der Waals surface area (Å²) in [5.74, 6) is 2.29. The van der Waals surface area contributed by atoms with Gasteiger partial charge in [0.25, 0.3) is 0 Å². The van der Waals surface area contributed by atoms with Crippen LogP contribution in [0.4, 0.5) is 5.82 Å². The van der Waals surface area contributed by atoms with Crippen molar-refractivity contribution in [3.05, 3.63) is 18.1 Å². The molecule has 1 fully saturated rings. The minimum absolute atomic E-state index is 0.768. The monoisotopic (exact) mass is 237 g/mol. The second kappa shape index (κ2) is 6.09. The summed E-state index contributed by atoms with van der Waals surface area (Å²) in [6.07, 6.45) is 6.53. The van der Waals surface area contributed by atoms with Crippen LogP contribution in [0.15, 0.2) is 12.4 Å². The fourth-order valence-electron chi connectivity index (χ4n) is 1.91. The lowest BCUT2D eigenvalue weighted by Gasteiger charge is -2.10. The lowest BCUT2D eigenvalue weighted by atomic mass is 10.2. The average Bonchev–Trinajstić information content (AvgIpc) is 2.80. The van der Waals surface area contributed by atoms with E-state index in [4.69, 9.17) is 0 Å². The molecule has 16 heavy (non-hydrogen) atoms. The van der Waals surface area contributed by atoms with Crippen LogP contribution in [0, 0.1) is 0 Å². The molecule has 3 nitrogen and oxygen atoms in total. The molecule has 1 aliphatic heterocycles. The van der Waals surface area contributed by atoms with E-state index in [-0.39, 0.29) is 0 Å². The summed E-state index contributed by atoms with van der Waals surface area (Å²) in [4.78, 5) is 8.50. The van der Waals surface area contributed by atoms with Gasteiger partial charge in [-0.3, -0.25) is 0 Å². The molecule has 0 radical (unpaired) electrons. The number of nitrogens with zero attached hydrogens (tertiary/aromatic N) is 2. The zero-order valence-electron chi connectivity index (χ0n) is 9.78.